The Labute approximate surface area is 233 Å². The molecule has 0 spiro atoms. The fourth-order valence-electron chi connectivity index (χ4n) is 6.51. The minimum Gasteiger partial charge on any atom is -0.385 e. The highest BCUT2D eigenvalue weighted by Gasteiger charge is 2.41. The fourth-order valence-corrected chi connectivity index (χ4v) is 6.63. The van der Waals surface area contributed by atoms with Crippen molar-refractivity contribution in [2.24, 2.45) is 5.92 Å². The number of anilines is 1. The van der Waals surface area contributed by atoms with Gasteiger partial charge in [0.05, 0.1) is 35.1 Å². The van der Waals surface area contributed by atoms with E-state index < -0.39 is 5.60 Å². The molecule has 2 aromatic rings. The molecule has 3 amide bonds. The van der Waals surface area contributed by atoms with Gasteiger partial charge in [-0.2, -0.15) is 0 Å². The second-order valence-corrected chi connectivity index (χ2v) is 11.6. The zero-order valence-electron chi connectivity index (χ0n) is 22.0. The van der Waals surface area contributed by atoms with E-state index in [1.165, 1.54) is 4.90 Å². The molecule has 8 nitrogen and oxygen atoms in total. The van der Waals surface area contributed by atoms with Crippen LogP contribution in [0.25, 0.3) is 0 Å². The van der Waals surface area contributed by atoms with E-state index in [9.17, 15) is 19.5 Å². The number of piperidine rings is 2. The van der Waals surface area contributed by atoms with Crippen molar-refractivity contribution in [3.63, 3.8) is 0 Å². The van der Waals surface area contributed by atoms with E-state index in [-0.39, 0.29) is 29.7 Å². The number of benzene rings is 2. The number of nitrogens with zero attached hydrogens (tertiary/aromatic N) is 3. The van der Waals surface area contributed by atoms with Crippen molar-refractivity contribution in [2.75, 3.05) is 44.2 Å². The Morgan fingerprint density at radius 3 is 2.36 bits per heavy atom. The Kier molecular flexibility index (Phi) is 7.12. The molecule has 6 rings (SSSR count). The summed E-state index contributed by atoms with van der Waals surface area (Å²) in [5.41, 5.74) is 1.60. The highest BCUT2D eigenvalue weighted by molar-refractivity contribution is 6.30. The first-order valence-corrected chi connectivity index (χ1v) is 14.3. The summed E-state index contributed by atoms with van der Waals surface area (Å²) in [4.78, 5) is 45.1. The highest BCUT2D eigenvalue weighted by Crippen LogP contribution is 2.37. The van der Waals surface area contributed by atoms with Crippen LogP contribution in [0.2, 0.25) is 5.02 Å². The van der Waals surface area contributed by atoms with Gasteiger partial charge in [0.1, 0.15) is 0 Å². The summed E-state index contributed by atoms with van der Waals surface area (Å²) >= 11 is 6.00. The van der Waals surface area contributed by atoms with Gasteiger partial charge in [0.15, 0.2) is 0 Å². The third kappa shape index (κ3) is 4.94. The van der Waals surface area contributed by atoms with Crippen LogP contribution in [0.4, 0.5) is 5.69 Å². The second kappa shape index (κ2) is 10.6. The molecule has 2 aromatic carbocycles. The first-order chi connectivity index (χ1) is 18.8. The number of hydrogen-bond acceptors (Lipinski definition) is 6. The molecular weight excluding hydrogens is 518 g/mol. The Hall–Kier alpha value is -2.94. The average molecular weight is 552 g/mol. The normalized spacial score (nSPS) is 23.4. The van der Waals surface area contributed by atoms with Crippen molar-refractivity contribution in [2.45, 2.75) is 50.2 Å². The molecule has 3 fully saturated rings. The molecule has 4 aliphatic heterocycles. The fraction of sp³-hybridized carbons (Fsp3) is 0.500. The van der Waals surface area contributed by atoms with Gasteiger partial charge < -0.3 is 19.6 Å². The van der Waals surface area contributed by atoms with Crippen molar-refractivity contribution in [1.82, 2.24) is 9.80 Å². The number of ether oxygens (including phenoxy) is 1. The van der Waals surface area contributed by atoms with Gasteiger partial charge >= 0.3 is 0 Å². The van der Waals surface area contributed by atoms with E-state index in [2.05, 4.69) is 4.90 Å². The lowest BCUT2D eigenvalue weighted by Gasteiger charge is -2.41. The molecule has 39 heavy (non-hydrogen) atoms. The lowest BCUT2D eigenvalue weighted by Crippen LogP contribution is -2.49. The van der Waals surface area contributed by atoms with Gasteiger partial charge in [-0.25, -0.2) is 0 Å². The zero-order chi connectivity index (χ0) is 27.1. The topological polar surface area (TPSA) is 90.4 Å². The molecule has 0 aromatic heterocycles. The van der Waals surface area contributed by atoms with Gasteiger partial charge in [0.25, 0.3) is 11.8 Å². The molecule has 1 atom stereocenters. The molecule has 9 heteroatoms. The quantitative estimate of drug-likeness (QED) is 0.568. The summed E-state index contributed by atoms with van der Waals surface area (Å²) in [6, 6.07) is 12.8. The number of carbonyl (C=O) groups is 3. The smallest absolute Gasteiger partial charge is 0.263 e. The maximum atomic E-state index is 13.4. The summed E-state index contributed by atoms with van der Waals surface area (Å²) in [5, 5.41) is 11.8. The monoisotopic (exact) mass is 551 g/mol. The van der Waals surface area contributed by atoms with Crippen LogP contribution >= 0.6 is 11.6 Å². The molecule has 0 unspecified atom stereocenters. The standard InChI is InChI=1S/C30H34ClN3O5/c31-22-8-6-21(7-9-22)30(38)12-16-33(17-13-30)27(35)20-10-14-32(15-11-20)25-5-1-4-24-26(25)29(37)34(28(24)36)19-23-3-2-18-39-23/h1,4-9,20,23,38H,2-3,10-19H2/t23-/m1/s1. The van der Waals surface area contributed by atoms with Crippen molar-refractivity contribution in [3.05, 3.63) is 64.2 Å². The number of hydrogen-bond donors (Lipinski definition) is 1. The number of fused-ring (bicyclic) bond motifs is 1. The summed E-state index contributed by atoms with van der Waals surface area (Å²) in [5.74, 6) is -0.449. The molecule has 1 N–H and O–H groups in total. The number of halogens is 1. The number of carbonyl (C=O) groups excluding carboxylic acids is 3. The largest absolute Gasteiger partial charge is 0.385 e. The second-order valence-electron chi connectivity index (χ2n) is 11.2. The van der Waals surface area contributed by atoms with E-state index in [4.69, 9.17) is 16.3 Å². The molecule has 0 saturated carbocycles. The highest BCUT2D eigenvalue weighted by atomic mass is 35.5. The third-order valence-electron chi connectivity index (χ3n) is 8.86. The zero-order valence-corrected chi connectivity index (χ0v) is 22.7. The van der Waals surface area contributed by atoms with Crippen LogP contribution < -0.4 is 4.90 Å². The maximum Gasteiger partial charge on any atom is 0.263 e. The SMILES string of the molecule is O=C(C1CCN(c2cccc3c2C(=O)N(C[C@H]2CCCO2)C3=O)CC1)N1CCC(O)(c2ccc(Cl)cc2)CC1. The summed E-state index contributed by atoms with van der Waals surface area (Å²) in [6.07, 6.45) is 4.08. The third-order valence-corrected chi connectivity index (χ3v) is 9.11. The minimum absolute atomic E-state index is 0.0885. The van der Waals surface area contributed by atoms with Crippen LogP contribution in [0.1, 0.15) is 64.8 Å². The summed E-state index contributed by atoms with van der Waals surface area (Å²) < 4.78 is 5.67. The van der Waals surface area contributed by atoms with Crippen molar-refractivity contribution >= 4 is 35.0 Å². The van der Waals surface area contributed by atoms with Gasteiger partial charge in [-0.15, -0.1) is 0 Å². The maximum absolute atomic E-state index is 13.4. The van der Waals surface area contributed by atoms with Crippen LogP contribution in [0.15, 0.2) is 42.5 Å². The number of likely N-dealkylation sites (tertiary alicyclic amines) is 1. The Morgan fingerprint density at radius 2 is 1.69 bits per heavy atom. The van der Waals surface area contributed by atoms with Gasteiger partial charge in [-0.3, -0.25) is 19.3 Å². The van der Waals surface area contributed by atoms with Gasteiger partial charge in [-0.1, -0.05) is 29.8 Å². The summed E-state index contributed by atoms with van der Waals surface area (Å²) in [7, 11) is 0. The average Bonchev–Trinajstić information content (AvgIpc) is 3.56. The molecule has 4 heterocycles. The van der Waals surface area contributed by atoms with Gasteiger partial charge in [-0.05, 0) is 68.4 Å². The minimum atomic E-state index is -0.944. The van der Waals surface area contributed by atoms with Crippen LogP contribution in [-0.2, 0) is 15.1 Å². The molecule has 0 bridgehead atoms. The van der Waals surface area contributed by atoms with Crippen molar-refractivity contribution in [1.29, 1.82) is 0 Å². The van der Waals surface area contributed by atoms with Crippen LogP contribution in [0.5, 0.6) is 0 Å². The van der Waals surface area contributed by atoms with Crippen LogP contribution in [0.3, 0.4) is 0 Å². The van der Waals surface area contributed by atoms with Gasteiger partial charge in [0, 0.05) is 43.7 Å². The Bertz CT molecular complexity index is 1260. The molecule has 4 aliphatic rings. The molecule has 0 aliphatic carbocycles. The number of imide groups is 1. The number of amides is 3. The van der Waals surface area contributed by atoms with E-state index in [1.807, 2.05) is 29.2 Å². The summed E-state index contributed by atoms with van der Waals surface area (Å²) in [6.45, 7) is 3.28. The van der Waals surface area contributed by atoms with Gasteiger partial charge in [0.2, 0.25) is 5.91 Å². The van der Waals surface area contributed by atoms with Crippen molar-refractivity contribution < 1.29 is 24.2 Å². The Morgan fingerprint density at radius 1 is 0.974 bits per heavy atom. The lowest BCUT2D eigenvalue weighted by atomic mass is 9.83. The lowest BCUT2D eigenvalue weighted by molar-refractivity contribution is -0.140. The van der Waals surface area contributed by atoms with E-state index >= 15 is 0 Å². The van der Waals surface area contributed by atoms with E-state index in [1.54, 1.807) is 18.2 Å². The van der Waals surface area contributed by atoms with Crippen LogP contribution in [0, 0.1) is 5.92 Å². The predicted octanol–water partition coefficient (Wildman–Crippen LogP) is 3.84. The predicted molar refractivity (Wildman–Crippen MR) is 147 cm³/mol. The molecule has 206 valence electrons. The first kappa shape index (κ1) is 26.3. The van der Waals surface area contributed by atoms with Crippen LogP contribution in [-0.4, -0.2) is 78.1 Å². The molecular formula is C30H34ClN3O5. The van der Waals surface area contributed by atoms with Crippen molar-refractivity contribution in [3.8, 4) is 0 Å². The molecule has 3 saturated heterocycles. The van der Waals surface area contributed by atoms with E-state index in [0.29, 0.717) is 81.2 Å². The molecule has 0 radical (unpaired) electrons. The number of rotatable bonds is 5. The van der Waals surface area contributed by atoms with E-state index in [0.717, 1.165) is 24.1 Å². The first-order valence-electron chi connectivity index (χ1n) is 14.0. The Balaban J connectivity index is 1.07. The number of aliphatic hydroxyl groups is 1.